The molecule has 1 atom stereocenters. The van der Waals surface area contributed by atoms with Crippen LogP contribution in [0, 0.1) is 0 Å². The molecule has 1 unspecified atom stereocenters. The second kappa shape index (κ2) is 5.46. The number of amides is 1. The Morgan fingerprint density at radius 3 is 2.57 bits per heavy atom. The third-order valence-corrected chi connectivity index (χ3v) is 3.77. The number of carbonyl (C=O) groups excluding carboxylic acids is 1. The van der Waals surface area contributed by atoms with Gasteiger partial charge in [0.05, 0.1) is 0 Å². The van der Waals surface area contributed by atoms with E-state index in [0.717, 1.165) is 6.42 Å². The molecule has 0 aromatic carbocycles. The highest BCUT2D eigenvalue weighted by molar-refractivity contribution is 7.85. The van der Waals surface area contributed by atoms with Crippen LogP contribution in [0.25, 0.3) is 0 Å². The summed E-state index contributed by atoms with van der Waals surface area (Å²) in [7, 11) is -0.717. The van der Waals surface area contributed by atoms with Gasteiger partial charge in [-0.2, -0.15) is 0 Å². The van der Waals surface area contributed by atoms with Gasteiger partial charge in [0.2, 0.25) is 5.91 Å². The number of carbonyl (C=O) groups is 1. The zero-order chi connectivity index (χ0) is 10.6. The van der Waals surface area contributed by atoms with Gasteiger partial charge in [0.1, 0.15) is 0 Å². The molecule has 0 saturated carbocycles. The van der Waals surface area contributed by atoms with Crippen LogP contribution in [0.2, 0.25) is 0 Å². The lowest BCUT2D eigenvalue weighted by Crippen LogP contribution is -2.43. The first-order valence-corrected chi connectivity index (χ1v) is 6.50. The third-order valence-electron chi connectivity index (χ3n) is 2.49. The summed E-state index contributed by atoms with van der Waals surface area (Å²) in [4.78, 5) is 13.4. The summed E-state index contributed by atoms with van der Waals surface area (Å²) in [5, 5.41) is 0. The SMILES string of the molecule is CCC(N)CC(=O)N1CCS(=O)CC1. The zero-order valence-corrected chi connectivity index (χ0v) is 9.39. The molecular weight excluding hydrogens is 200 g/mol. The lowest BCUT2D eigenvalue weighted by atomic mass is 10.1. The molecule has 4 nitrogen and oxygen atoms in total. The molecule has 0 aromatic rings. The summed E-state index contributed by atoms with van der Waals surface area (Å²) in [6, 6.07) is -0.0325. The second-order valence-corrected chi connectivity index (χ2v) is 5.30. The van der Waals surface area contributed by atoms with E-state index < -0.39 is 10.8 Å². The first kappa shape index (κ1) is 11.7. The first-order chi connectivity index (χ1) is 6.63. The molecule has 2 N–H and O–H groups in total. The van der Waals surface area contributed by atoms with Crippen LogP contribution in [0.4, 0.5) is 0 Å². The Balaban J connectivity index is 2.34. The lowest BCUT2D eigenvalue weighted by Gasteiger charge is -2.27. The standard InChI is InChI=1S/C9H18N2O2S/c1-2-8(10)7-9(12)11-3-5-14(13)6-4-11/h8H,2-7,10H2,1H3. The Morgan fingerprint density at radius 2 is 2.07 bits per heavy atom. The van der Waals surface area contributed by atoms with Crippen LogP contribution in [-0.4, -0.2) is 45.7 Å². The molecule has 1 aliphatic heterocycles. The van der Waals surface area contributed by atoms with Crippen molar-refractivity contribution in [2.45, 2.75) is 25.8 Å². The van der Waals surface area contributed by atoms with E-state index in [4.69, 9.17) is 5.73 Å². The molecule has 1 fully saturated rings. The van der Waals surface area contributed by atoms with Gasteiger partial charge in [0, 0.05) is 47.9 Å². The molecule has 5 heteroatoms. The van der Waals surface area contributed by atoms with Crippen molar-refractivity contribution < 1.29 is 9.00 Å². The summed E-state index contributed by atoms with van der Waals surface area (Å²) in [6.45, 7) is 3.23. The normalized spacial score (nSPS) is 20.9. The largest absolute Gasteiger partial charge is 0.341 e. The third kappa shape index (κ3) is 3.38. The lowest BCUT2D eigenvalue weighted by molar-refractivity contribution is -0.131. The molecule has 0 spiro atoms. The van der Waals surface area contributed by atoms with Gasteiger partial charge in [0.15, 0.2) is 0 Å². The fourth-order valence-electron chi connectivity index (χ4n) is 1.39. The Morgan fingerprint density at radius 1 is 1.50 bits per heavy atom. The minimum Gasteiger partial charge on any atom is -0.341 e. The van der Waals surface area contributed by atoms with Crippen molar-refractivity contribution in [3.63, 3.8) is 0 Å². The molecule has 1 heterocycles. The van der Waals surface area contributed by atoms with Crippen LogP contribution in [0.15, 0.2) is 0 Å². The summed E-state index contributed by atoms with van der Waals surface area (Å²) in [6.07, 6.45) is 1.24. The molecular formula is C9H18N2O2S. The summed E-state index contributed by atoms with van der Waals surface area (Å²) < 4.78 is 11.1. The molecule has 0 radical (unpaired) electrons. The van der Waals surface area contributed by atoms with Gasteiger partial charge in [0.25, 0.3) is 0 Å². The Bertz CT molecular complexity index is 223. The van der Waals surface area contributed by atoms with Crippen LogP contribution in [0.3, 0.4) is 0 Å². The van der Waals surface area contributed by atoms with Crippen molar-refractivity contribution in [3.05, 3.63) is 0 Å². The van der Waals surface area contributed by atoms with Gasteiger partial charge >= 0.3 is 0 Å². The van der Waals surface area contributed by atoms with Crippen LogP contribution in [-0.2, 0) is 15.6 Å². The number of nitrogens with two attached hydrogens (primary N) is 1. The number of nitrogens with zero attached hydrogens (tertiary/aromatic N) is 1. The maximum atomic E-state index is 11.6. The maximum absolute atomic E-state index is 11.6. The fourth-order valence-corrected chi connectivity index (χ4v) is 2.44. The van der Waals surface area contributed by atoms with Crippen molar-refractivity contribution in [1.82, 2.24) is 4.90 Å². The quantitative estimate of drug-likeness (QED) is 0.707. The molecule has 1 amide bonds. The number of rotatable bonds is 3. The maximum Gasteiger partial charge on any atom is 0.224 e. The highest BCUT2D eigenvalue weighted by atomic mass is 32.2. The predicted molar refractivity (Wildman–Crippen MR) is 57.3 cm³/mol. The highest BCUT2D eigenvalue weighted by Gasteiger charge is 2.20. The minimum absolute atomic E-state index is 0.0325. The molecule has 82 valence electrons. The minimum atomic E-state index is -0.717. The van der Waals surface area contributed by atoms with E-state index >= 15 is 0 Å². The molecule has 0 bridgehead atoms. The van der Waals surface area contributed by atoms with E-state index in [2.05, 4.69) is 0 Å². The first-order valence-electron chi connectivity index (χ1n) is 5.01. The van der Waals surface area contributed by atoms with Gasteiger partial charge in [-0.15, -0.1) is 0 Å². The van der Waals surface area contributed by atoms with Crippen molar-refractivity contribution in [2.75, 3.05) is 24.6 Å². The van der Waals surface area contributed by atoms with Crippen LogP contribution in [0.1, 0.15) is 19.8 Å². The summed E-state index contributed by atoms with van der Waals surface area (Å²) in [5.41, 5.74) is 5.70. The average molecular weight is 218 g/mol. The van der Waals surface area contributed by atoms with E-state index in [-0.39, 0.29) is 11.9 Å². The van der Waals surface area contributed by atoms with E-state index in [1.54, 1.807) is 4.90 Å². The van der Waals surface area contributed by atoms with Crippen molar-refractivity contribution in [2.24, 2.45) is 5.73 Å². The highest BCUT2D eigenvalue weighted by Crippen LogP contribution is 2.04. The fraction of sp³-hybridized carbons (Fsp3) is 0.889. The molecule has 1 aliphatic rings. The number of hydrogen-bond acceptors (Lipinski definition) is 3. The van der Waals surface area contributed by atoms with Gasteiger partial charge in [-0.25, -0.2) is 0 Å². The van der Waals surface area contributed by atoms with E-state index in [1.807, 2.05) is 6.92 Å². The molecule has 0 aromatic heterocycles. The van der Waals surface area contributed by atoms with E-state index in [0.29, 0.717) is 31.0 Å². The van der Waals surface area contributed by atoms with E-state index in [9.17, 15) is 9.00 Å². The van der Waals surface area contributed by atoms with Crippen molar-refractivity contribution in [3.8, 4) is 0 Å². The monoisotopic (exact) mass is 218 g/mol. The molecule has 1 rings (SSSR count). The van der Waals surface area contributed by atoms with Gasteiger partial charge in [-0.3, -0.25) is 9.00 Å². The van der Waals surface area contributed by atoms with Gasteiger partial charge in [-0.05, 0) is 6.42 Å². The molecule has 1 saturated heterocycles. The average Bonchev–Trinajstić information content (AvgIpc) is 2.18. The molecule has 14 heavy (non-hydrogen) atoms. The summed E-state index contributed by atoms with van der Waals surface area (Å²) >= 11 is 0. The number of hydrogen-bond donors (Lipinski definition) is 1. The van der Waals surface area contributed by atoms with E-state index in [1.165, 1.54) is 0 Å². The van der Waals surface area contributed by atoms with Crippen LogP contribution in [0.5, 0.6) is 0 Å². The predicted octanol–water partition coefficient (Wildman–Crippen LogP) is -0.295. The van der Waals surface area contributed by atoms with Crippen molar-refractivity contribution >= 4 is 16.7 Å². The topological polar surface area (TPSA) is 63.4 Å². The van der Waals surface area contributed by atoms with Crippen LogP contribution < -0.4 is 5.73 Å². The smallest absolute Gasteiger partial charge is 0.224 e. The Hall–Kier alpha value is -0.420. The Labute approximate surface area is 87.3 Å². The second-order valence-electron chi connectivity index (χ2n) is 3.60. The summed E-state index contributed by atoms with van der Waals surface area (Å²) in [5.74, 6) is 1.34. The van der Waals surface area contributed by atoms with Gasteiger partial charge < -0.3 is 10.6 Å². The van der Waals surface area contributed by atoms with Crippen LogP contribution >= 0.6 is 0 Å². The van der Waals surface area contributed by atoms with Crippen molar-refractivity contribution in [1.29, 1.82) is 0 Å². The van der Waals surface area contributed by atoms with Gasteiger partial charge in [-0.1, -0.05) is 6.92 Å². The Kier molecular flexibility index (Phi) is 4.54. The molecule has 0 aliphatic carbocycles. The zero-order valence-electron chi connectivity index (χ0n) is 8.57.